The fourth-order valence-corrected chi connectivity index (χ4v) is 2.58. The second-order valence-corrected chi connectivity index (χ2v) is 5.94. The van der Waals surface area contributed by atoms with E-state index in [1.807, 2.05) is 0 Å². The van der Waals surface area contributed by atoms with E-state index in [-0.39, 0.29) is 36.1 Å². The fourth-order valence-electron chi connectivity index (χ4n) is 2.58. The van der Waals surface area contributed by atoms with Gasteiger partial charge in [-0.1, -0.05) is 18.2 Å². The number of aromatic carboxylic acids is 1. The Morgan fingerprint density at radius 2 is 1.70 bits per heavy atom. The van der Waals surface area contributed by atoms with Gasteiger partial charge >= 0.3 is 5.97 Å². The van der Waals surface area contributed by atoms with Gasteiger partial charge in [0.15, 0.2) is 5.69 Å². The predicted octanol–water partition coefficient (Wildman–Crippen LogP) is 3.99. The maximum Gasteiger partial charge on any atom is 0.357 e. The highest BCUT2D eigenvalue weighted by Gasteiger charge is 2.16. The smallest absolute Gasteiger partial charge is 0.357 e. The van der Waals surface area contributed by atoms with Gasteiger partial charge in [-0.05, 0) is 23.8 Å². The first-order chi connectivity index (χ1) is 12.9. The van der Waals surface area contributed by atoms with Gasteiger partial charge in [0.1, 0.15) is 23.7 Å². The lowest BCUT2D eigenvalue weighted by molar-refractivity contribution is 0.0690. The van der Waals surface area contributed by atoms with Crippen molar-refractivity contribution in [2.45, 2.75) is 19.6 Å². The maximum atomic E-state index is 14.0. The SMILES string of the molecule is O=C(O)c1coc(CN(Cc2ccc(F)cc2)Cc2ccc(F)cc2F)n1. The molecule has 140 valence electrons. The molecule has 0 radical (unpaired) electrons. The van der Waals surface area contributed by atoms with Crippen molar-refractivity contribution in [2.75, 3.05) is 0 Å². The van der Waals surface area contributed by atoms with Crippen molar-refractivity contribution in [1.29, 1.82) is 0 Å². The molecule has 0 spiro atoms. The minimum atomic E-state index is -1.22. The zero-order chi connectivity index (χ0) is 19.4. The molecule has 0 unspecified atom stereocenters. The van der Waals surface area contributed by atoms with Crippen molar-refractivity contribution >= 4 is 5.97 Å². The first-order valence-corrected chi connectivity index (χ1v) is 7.99. The lowest BCUT2D eigenvalue weighted by Crippen LogP contribution is -2.23. The molecular formula is C19H15F3N2O3. The minimum absolute atomic E-state index is 0.0848. The Hall–Kier alpha value is -3.13. The molecule has 0 aliphatic carbocycles. The van der Waals surface area contributed by atoms with E-state index in [1.54, 1.807) is 17.0 Å². The second kappa shape index (κ2) is 8.05. The highest BCUT2D eigenvalue weighted by Crippen LogP contribution is 2.17. The van der Waals surface area contributed by atoms with Crippen molar-refractivity contribution in [3.8, 4) is 0 Å². The molecule has 0 atom stereocenters. The summed E-state index contributed by atoms with van der Waals surface area (Å²) in [5, 5.41) is 8.93. The largest absolute Gasteiger partial charge is 0.476 e. The zero-order valence-corrected chi connectivity index (χ0v) is 14.0. The third-order valence-electron chi connectivity index (χ3n) is 3.86. The Morgan fingerprint density at radius 1 is 1.00 bits per heavy atom. The van der Waals surface area contributed by atoms with Crippen molar-refractivity contribution in [3.63, 3.8) is 0 Å². The monoisotopic (exact) mass is 376 g/mol. The van der Waals surface area contributed by atoms with Crippen molar-refractivity contribution in [3.05, 3.63) is 88.9 Å². The van der Waals surface area contributed by atoms with E-state index in [4.69, 9.17) is 9.52 Å². The first kappa shape index (κ1) is 18.7. The molecule has 1 N–H and O–H groups in total. The molecule has 1 aromatic heterocycles. The van der Waals surface area contributed by atoms with E-state index in [1.165, 1.54) is 18.2 Å². The van der Waals surface area contributed by atoms with Crippen LogP contribution in [-0.4, -0.2) is 21.0 Å². The molecule has 0 amide bonds. The molecule has 8 heteroatoms. The number of rotatable bonds is 7. The highest BCUT2D eigenvalue weighted by atomic mass is 19.1. The number of nitrogens with zero attached hydrogens (tertiary/aromatic N) is 2. The number of aromatic nitrogens is 1. The van der Waals surface area contributed by atoms with Gasteiger partial charge in [-0.2, -0.15) is 0 Å². The summed E-state index contributed by atoms with van der Waals surface area (Å²) in [7, 11) is 0. The Labute approximate surface area is 152 Å². The Morgan fingerprint density at radius 3 is 2.33 bits per heavy atom. The third-order valence-corrected chi connectivity index (χ3v) is 3.86. The standard InChI is InChI=1S/C19H15F3N2O3/c20-14-4-1-12(2-5-14)8-24(9-13-3-6-15(21)7-16(13)22)10-18-23-17(11-27-18)19(25)26/h1-7,11H,8-10H2,(H,25,26). The molecule has 0 aliphatic heterocycles. The Bertz CT molecular complexity index is 942. The topological polar surface area (TPSA) is 66.6 Å². The van der Waals surface area contributed by atoms with E-state index < -0.39 is 17.6 Å². The van der Waals surface area contributed by atoms with E-state index in [2.05, 4.69) is 4.98 Å². The molecule has 0 bridgehead atoms. The summed E-state index contributed by atoms with van der Waals surface area (Å²) >= 11 is 0. The van der Waals surface area contributed by atoms with Gasteiger partial charge in [0.25, 0.3) is 0 Å². The molecular weight excluding hydrogens is 361 g/mol. The summed E-state index contributed by atoms with van der Waals surface area (Å²) in [5.41, 5.74) is 0.771. The van der Waals surface area contributed by atoms with Gasteiger partial charge in [0.05, 0.1) is 6.54 Å². The van der Waals surface area contributed by atoms with Gasteiger partial charge in [-0.15, -0.1) is 0 Å². The molecule has 0 aliphatic rings. The van der Waals surface area contributed by atoms with Crippen LogP contribution in [0.3, 0.4) is 0 Å². The van der Waals surface area contributed by atoms with Gasteiger partial charge in [0.2, 0.25) is 5.89 Å². The van der Waals surface area contributed by atoms with Crippen LogP contribution in [0.5, 0.6) is 0 Å². The summed E-state index contributed by atoms with van der Waals surface area (Å²) in [6, 6.07) is 9.06. The number of carbonyl (C=O) groups is 1. The number of oxazole rings is 1. The molecule has 0 saturated heterocycles. The maximum absolute atomic E-state index is 14.0. The van der Waals surface area contributed by atoms with Crippen LogP contribution in [0.4, 0.5) is 13.2 Å². The van der Waals surface area contributed by atoms with Crippen LogP contribution in [-0.2, 0) is 19.6 Å². The van der Waals surface area contributed by atoms with Gasteiger partial charge in [-0.3, -0.25) is 4.90 Å². The number of hydrogen-bond acceptors (Lipinski definition) is 4. The number of benzene rings is 2. The van der Waals surface area contributed by atoms with E-state index >= 15 is 0 Å². The summed E-state index contributed by atoms with van der Waals surface area (Å²) in [6.45, 7) is 0.470. The zero-order valence-electron chi connectivity index (χ0n) is 14.0. The van der Waals surface area contributed by atoms with Crippen LogP contribution in [0.1, 0.15) is 27.5 Å². The van der Waals surface area contributed by atoms with E-state index in [0.717, 1.165) is 24.0 Å². The Kier molecular flexibility index (Phi) is 5.56. The van der Waals surface area contributed by atoms with E-state index in [9.17, 15) is 18.0 Å². The van der Waals surface area contributed by atoms with Crippen molar-refractivity contribution in [2.24, 2.45) is 0 Å². The van der Waals surface area contributed by atoms with Crippen LogP contribution in [0.2, 0.25) is 0 Å². The molecule has 0 saturated carbocycles. The summed E-state index contributed by atoms with van der Waals surface area (Å²) in [4.78, 5) is 16.5. The average molecular weight is 376 g/mol. The van der Waals surface area contributed by atoms with Crippen LogP contribution in [0, 0.1) is 17.5 Å². The van der Waals surface area contributed by atoms with Crippen LogP contribution in [0.25, 0.3) is 0 Å². The number of hydrogen-bond donors (Lipinski definition) is 1. The summed E-state index contributed by atoms with van der Waals surface area (Å²) in [6.07, 6.45) is 1.02. The summed E-state index contributed by atoms with van der Waals surface area (Å²) < 4.78 is 45.4. The Balaban J connectivity index is 1.82. The van der Waals surface area contributed by atoms with Crippen molar-refractivity contribution in [1.82, 2.24) is 9.88 Å². The molecule has 3 aromatic rings. The van der Waals surface area contributed by atoms with Gasteiger partial charge in [0, 0.05) is 24.7 Å². The van der Waals surface area contributed by atoms with Crippen molar-refractivity contribution < 1.29 is 27.5 Å². The number of carboxylic acids is 1. The third kappa shape index (κ3) is 4.95. The van der Waals surface area contributed by atoms with Crippen LogP contribution in [0.15, 0.2) is 53.1 Å². The molecule has 5 nitrogen and oxygen atoms in total. The average Bonchev–Trinajstić information content (AvgIpc) is 3.08. The summed E-state index contributed by atoms with van der Waals surface area (Å²) in [5.74, 6) is -2.84. The molecule has 0 fully saturated rings. The molecule has 27 heavy (non-hydrogen) atoms. The normalized spacial score (nSPS) is 11.1. The number of carboxylic acid groups (broad SMARTS) is 1. The first-order valence-electron chi connectivity index (χ1n) is 7.99. The lowest BCUT2D eigenvalue weighted by atomic mass is 10.1. The van der Waals surface area contributed by atoms with Crippen LogP contribution < -0.4 is 0 Å². The van der Waals surface area contributed by atoms with Gasteiger partial charge in [-0.25, -0.2) is 22.9 Å². The predicted molar refractivity (Wildman–Crippen MR) is 89.2 cm³/mol. The number of halogens is 3. The van der Waals surface area contributed by atoms with Crippen LogP contribution >= 0.6 is 0 Å². The highest BCUT2D eigenvalue weighted by molar-refractivity contribution is 5.84. The molecule has 1 heterocycles. The minimum Gasteiger partial charge on any atom is -0.476 e. The fraction of sp³-hybridized carbons (Fsp3) is 0.158. The quantitative estimate of drug-likeness (QED) is 0.675. The molecule has 2 aromatic carbocycles. The second-order valence-electron chi connectivity index (χ2n) is 5.94. The van der Waals surface area contributed by atoms with Gasteiger partial charge < -0.3 is 9.52 Å². The molecule has 3 rings (SSSR count). The lowest BCUT2D eigenvalue weighted by Gasteiger charge is -2.21. The van der Waals surface area contributed by atoms with E-state index in [0.29, 0.717) is 6.54 Å².